The first-order chi connectivity index (χ1) is 12.5. The Labute approximate surface area is 156 Å². The van der Waals surface area contributed by atoms with Crippen LogP contribution in [0.2, 0.25) is 0 Å². The Morgan fingerprint density at radius 1 is 1.23 bits per heavy atom. The molecule has 0 aliphatic carbocycles. The van der Waals surface area contributed by atoms with Gasteiger partial charge in [0.15, 0.2) is 0 Å². The SMILES string of the molecule is Cc1noc(N2CCC(=Cc3cccc(OCCC(C)C)c3)CC2)c1C. The summed E-state index contributed by atoms with van der Waals surface area (Å²) in [6.45, 7) is 11.3. The van der Waals surface area contributed by atoms with Crippen molar-refractivity contribution in [3.8, 4) is 5.75 Å². The van der Waals surface area contributed by atoms with E-state index in [1.807, 2.05) is 13.0 Å². The summed E-state index contributed by atoms with van der Waals surface area (Å²) in [5.41, 5.74) is 4.84. The molecule has 140 valence electrons. The van der Waals surface area contributed by atoms with E-state index in [1.54, 1.807) is 0 Å². The lowest BCUT2D eigenvalue weighted by Gasteiger charge is -2.28. The molecule has 1 fully saturated rings. The number of piperidine rings is 1. The molecule has 26 heavy (non-hydrogen) atoms. The van der Waals surface area contributed by atoms with Gasteiger partial charge in [0.05, 0.1) is 12.3 Å². The Kier molecular flexibility index (Phi) is 6.02. The van der Waals surface area contributed by atoms with E-state index < -0.39 is 0 Å². The maximum atomic E-state index is 5.88. The summed E-state index contributed by atoms with van der Waals surface area (Å²) < 4.78 is 11.4. The van der Waals surface area contributed by atoms with Crippen molar-refractivity contribution >= 4 is 12.0 Å². The number of hydrogen-bond donors (Lipinski definition) is 0. The molecule has 1 aromatic carbocycles. The van der Waals surface area contributed by atoms with Crippen LogP contribution >= 0.6 is 0 Å². The summed E-state index contributed by atoms with van der Waals surface area (Å²) in [7, 11) is 0. The summed E-state index contributed by atoms with van der Waals surface area (Å²) >= 11 is 0. The molecule has 0 unspecified atom stereocenters. The van der Waals surface area contributed by atoms with Crippen molar-refractivity contribution in [2.45, 2.75) is 47.0 Å². The lowest BCUT2D eigenvalue weighted by atomic mass is 10.0. The van der Waals surface area contributed by atoms with Crippen molar-refractivity contribution < 1.29 is 9.26 Å². The van der Waals surface area contributed by atoms with E-state index in [0.29, 0.717) is 5.92 Å². The maximum absolute atomic E-state index is 5.88. The van der Waals surface area contributed by atoms with Crippen molar-refractivity contribution in [3.05, 3.63) is 46.7 Å². The van der Waals surface area contributed by atoms with Gasteiger partial charge in [0.25, 0.3) is 0 Å². The normalized spacial score (nSPS) is 14.8. The molecule has 0 saturated carbocycles. The summed E-state index contributed by atoms with van der Waals surface area (Å²) in [4.78, 5) is 2.30. The fraction of sp³-hybridized carbons (Fsp3) is 0.500. The van der Waals surface area contributed by atoms with E-state index in [4.69, 9.17) is 9.26 Å². The molecule has 0 atom stereocenters. The molecule has 4 nitrogen and oxygen atoms in total. The second-order valence-electron chi connectivity index (χ2n) is 7.59. The van der Waals surface area contributed by atoms with Gasteiger partial charge in [-0.1, -0.05) is 42.8 Å². The third-order valence-corrected chi connectivity index (χ3v) is 5.02. The summed E-state index contributed by atoms with van der Waals surface area (Å²) in [6, 6.07) is 8.41. The Hall–Kier alpha value is -2.23. The van der Waals surface area contributed by atoms with Crippen LogP contribution < -0.4 is 9.64 Å². The van der Waals surface area contributed by atoms with Crippen LogP contribution in [0.3, 0.4) is 0 Å². The van der Waals surface area contributed by atoms with E-state index >= 15 is 0 Å². The zero-order chi connectivity index (χ0) is 18.5. The molecule has 2 heterocycles. The number of ether oxygens (including phenoxy) is 1. The Bertz CT molecular complexity index is 751. The van der Waals surface area contributed by atoms with E-state index in [0.717, 1.165) is 61.8 Å². The van der Waals surface area contributed by atoms with Gasteiger partial charge in [-0.05, 0) is 56.7 Å². The molecule has 0 N–H and O–H groups in total. The fourth-order valence-corrected chi connectivity index (χ4v) is 3.18. The third-order valence-electron chi connectivity index (χ3n) is 5.02. The van der Waals surface area contributed by atoms with Crippen LogP contribution in [0.25, 0.3) is 6.08 Å². The van der Waals surface area contributed by atoms with Gasteiger partial charge < -0.3 is 14.2 Å². The molecule has 0 amide bonds. The highest BCUT2D eigenvalue weighted by molar-refractivity contribution is 5.56. The summed E-state index contributed by atoms with van der Waals surface area (Å²) in [5, 5.41) is 4.08. The number of aryl methyl sites for hydroxylation is 1. The molecule has 2 aromatic rings. The lowest BCUT2D eigenvalue weighted by Crippen LogP contribution is -2.30. The molecule has 0 bridgehead atoms. The Balaban J connectivity index is 1.59. The topological polar surface area (TPSA) is 38.5 Å². The van der Waals surface area contributed by atoms with E-state index in [2.05, 4.69) is 55.1 Å². The molecule has 0 radical (unpaired) electrons. The van der Waals surface area contributed by atoms with Crippen LogP contribution in [0, 0.1) is 19.8 Å². The van der Waals surface area contributed by atoms with Crippen molar-refractivity contribution in [3.63, 3.8) is 0 Å². The number of nitrogens with zero attached hydrogens (tertiary/aromatic N) is 2. The van der Waals surface area contributed by atoms with Crippen LogP contribution in [-0.4, -0.2) is 24.9 Å². The van der Waals surface area contributed by atoms with Crippen LogP contribution in [0.15, 0.2) is 34.4 Å². The highest BCUT2D eigenvalue weighted by atomic mass is 16.5. The van der Waals surface area contributed by atoms with E-state index in [1.165, 1.54) is 11.1 Å². The van der Waals surface area contributed by atoms with E-state index in [9.17, 15) is 0 Å². The second-order valence-corrected chi connectivity index (χ2v) is 7.59. The highest BCUT2D eigenvalue weighted by Crippen LogP contribution is 2.28. The number of anilines is 1. The van der Waals surface area contributed by atoms with Crippen LogP contribution in [0.4, 0.5) is 5.88 Å². The van der Waals surface area contributed by atoms with Crippen LogP contribution in [0.1, 0.15) is 49.9 Å². The smallest absolute Gasteiger partial charge is 0.230 e. The standard InChI is InChI=1S/C22H30N2O2/c1-16(2)10-13-25-21-7-5-6-20(15-21)14-19-8-11-24(12-9-19)22-17(3)18(4)23-26-22/h5-7,14-16H,8-13H2,1-4H3. The van der Waals surface area contributed by atoms with Gasteiger partial charge in [0, 0.05) is 18.7 Å². The van der Waals surface area contributed by atoms with Crippen LogP contribution in [0.5, 0.6) is 5.75 Å². The quantitative estimate of drug-likeness (QED) is 0.696. The molecule has 3 rings (SSSR count). The van der Waals surface area contributed by atoms with Gasteiger partial charge in [-0.3, -0.25) is 0 Å². The van der Waals surface area contributed by atoms with Gasteiger partial charge in [-0.15, -0.1) is 0 Å². The monoisotopic (exact) mass is 354 g/mol. The number of hydrogen-bond acceptors (Lipinski definition) is 4. The van der Waals surface area contributed by atoms with Crippen molar-refractivity contribution in [1.29, 1.82) is 0 Å². The second kappa shape index (κ2) is 8.43. The molecule has 1 aromatic heterocycles. The summed E-state index contributed by atoms with van der Waals surface area (Å²) in [6.07, 6.45) is 5.50. The van der Waals surface area contributed by atoms with Gasteiger partial charge in [-0.25, -0.2) is 0 Å². The zero-order valence-electron chi connectivity index (χ0n) is 16.4. The average molecular weight is 354 g/mol. The first kappa shape index (κ1) is 18.6. The molecular weight excluding hydrogens is 324 g/mol. The summed E-state index contributed by atoms with van der Waals surface area (Å²) in [5.74, 6) is 2.56. The minimum absolute atomic E-state index is 0.669. The fourth-order valence-electron chi connectivity index (χ4n) is 3.18. The van der Waals surface area contributed by atoms with E-state index in [-0.39, 0.29) is 0 Å². The highest BCUT2D eigenvalue weighted by Gasteiger charge is 2.20. The van der Waals surface area contributed by atoms with Gasteiger partial charge >= 0.3 is 0 Å². The number of rotatable bonds is 6. The Morgan fingerprint density at radius 3 is 2.65 bits per heavy atom. The number of aromatic nitrogens is 1. The first-order valence-electron chi connectivity index (χ1n) is 9.63. The maximum Gasteiger partial charge on any atom is 0.230 e. The molecule has 0 spiro atoms. The van der Waals surface area contributed by atoms with Gasteiger partial charge in [0.2, 0.25) is 5.88 Å². The average Bonchev–Trinajstić information content (AvgIpc) is 2.95. The third kappa shape index (κ3) is 4.69. The first-order valence-corrected chi connectivity index (χ1v) is 9.63. The lowest BCUT2D eigenvalue weighted by molar-refractivity contribution is 0.289. The van der Waals surface area contributed by atoms with Crippen molar-refractivity contribution in [2.75, 3.05) is 24.6 Å². The van der Waals surface area contributed by atoms with Gasteiger partial charge in [-0.2, -0.15) is 0 Å². The van der Waals surface area contributed by atoms with Crippen molar-refractivity contribution in [1.82, 2.24) is 5.16 Å². The number of benzene rings is 1. The Morgan fingerprint density at radius 2 is 2.00 bits per heavy atom. The molecule has 1 aliphatic heterocycles. The predicted octanol–water partition coefficient (Wildman–Crippen LogP) is 5.40. The largest absolute Gasteiger partial charge is 0.494 e. The molecule has 1 aliphatic rings. The van der Waals surface area contributed by atoms with Crippen LogP contribution in [-0.2, 0) is 0 Å². The predicted molar refractivity (Wildman–Crippen MR) is 107 cm³/mol. The minimum atomic E-state index is 0.669. The minimum Gasteiger partial charge on any atom is -0.494 e. The molecular formula is C22H30N2O2. The molecule has 1 saturated heterocycles. The van der Waals surface area contributed by atoms with Gasteiger partial charge in [0.1, 0.15) is 5.75 Å². The zero-order valence-corrected chi connectivity index (χ0v) is 16.4. The van der Waals surface area contributed by atoms with Crippen molar-refractivity contribution in [2.24, 2.45) is 5.92 Å². The molecule has 4 heteroatoms.